The molecular weight excluding hydrogens is 190 g/mol. The topological polar surface area (TPSA) is 81.1 Å². The Kier molecular flexibility index (Phi) is 4.27. The van der Waals surface area contributed by atoms with E-state index >= 15 is 0 Å². The molecule has 15 heavy (non-hydrogen) atoms. The minimum atomic E-state index is -0.645. The Labute approximate surface area is 89.6 Å². The second kappa shape index (κ2) is 5.48. The van der Waals surface area contributed by atoms with Crippen molar-refractivity contribution in [2.24, 2.45) is 11.5 Å². The van der Waals surface area contributed by atoms with E-state index in [-0.39, 0.29) is 11.9 Å². The monoisotopic (exact) mass is 207 g/mol. The minimum Gasteiger partial charge on any atom is -0.351 e. The first-order valence-electron chi connectivity index (χ1n) is 4.94. The maximum Gasteiger partial charge on any atom is 0.238 e. The summed E-state index contributed by atoms with van der Waals surface area (Å²) in [6.45, 7) is 2.20. The molecule has 4 nitrogen and oxygen atoms in total. The molecule has 0 aliphatic rings. The lowest BCUT2D eigenvalue weighted by Gasteiger charge is -2.15. The Bertz CT molecular complexity index is 311. The van der Waals surface area contributed by atoms with Gasteiger partial charge >= 0.3 is 0 Å². The van der Waals surface area contributed by atoms with E-state index in [1.807, 2.05) is 30.3 Å². The number of nitrogens with one attached hydrogen (secondary N) is 1. The molecule has 0 bridgehead atoms. The third-order valence-corrected chi connectivity index (χ3v) is 2.18. The third kappa shape index (κ3) is 3.69. The molecule has 0 heterocycles. The molecule has 1 rings (SSSR count). The van der Waals surface area contributed by atoms with Gasteiger partial charge in [-0.3, -0.25) is 4.79 Å². The van der Waals surface area contributed by atoms with Crippen molar-refractivity contribution in [1.82, 2.24) is 5.32 Å². The number of hydrogen-bond acceptors (Lipinski definition) is 3. The van der Waals surface area contributed by atoms with Gasteiger partial charge in [-0.15, -0.1) is 0 Å². The molecular formula is C11H17N3O. The number of carbonyl (C=O) groups is 1. The number of amides is 1. The quantitative estimate of drug-likeness (QED) is 0.649. The molecule has 82 valence electrons. The Morgan fingerprint density at radius 1 is 1.33 bits per heavy atom. The van der Waals surface area contributed by atoms with Gasteiger partial charge in [0.15, 0.2) is 0 Å². The Hall–Kier alpha value is -1.39. The summed E-state index contributed by atoms with van der Waals surface area (Å²) in [4.78, 5) is 11.4. The van der Waals surface area contributed by atoms with Crippen LogP contribution < -0.4 is 16.8 Å². The smallest absolute Gasteiger partial charge is 0.238 e. The van der Waals surface area contributed by atoms with Gasteiger partial charge in [-0.1, -0.05) is 30.3 Å². The van der Waals surface area contributed by atoms with E-state index in [4.69, 9.17) is 11.5 Å². The molecule has 0 spiro atoms. The van der Waals surface area contributed by atoms with Gasteiger partial charge in [0.05, 0.1) is 6.04 Å². The van der Waals surface area contributed by atoms with E-state index in [1.165, 1.54) is 0 Å². The van der Waals surface area contributed by atoms with Crippen LogP contribution in [0.1, 0.15) is 12.5 Å². The zero-order chi connectivity index (χ0) is 11.3. The molecule has 0 saturated heterocycles. The first-order chi connectivity index (χ1) is 7.11. The van der Waals surface area contributed by atoms with Crippen LogP contribution in [0, 0.1) is 0 Å². The van der Waals surface area contributed by atoms with Crippen LogP contribution in [0.25, 0.3) is 0 Å². The molecule has 0 fully saturated rings. The molecule has 0 aliphatic carbocycles. The molecule has 0 radical (unpaired) electrons. The number of benzene rings is 1. The van der Waals surface area contributed by atoms with Crippen molar-refractivity contribution in [3.63, 3.8) is 0 Å². The van der Waals surface area contributed by atoms with Crippen LogP contribution in [0.5, 0.6) is 0 Å². The number of carbonyl (C=O) groups excluding carboxylic acids is 1. The molecule has 5 N–H and O–H groups in total. The zero-order valence-corrected chi connectivity index (χ0v) is 8.81. The van der Waals surface area contributed by atoms with Gasteiger partial charge in [0.1, 0.15) is 0 Å². The second-order valence-corrected chi connectivity index (χ2v) is 3.59. The van der Waals surface area contributed by atoms with Gasteiger partial charge in [0.25, 0.3) is 0 Å². The van der Waals surface area contributed by atoms with E-state index in [0.717, 1.165) is 5.56 Å². The van der Waals surface area contributed by atoms with Crippen LogP contribution in [0.2, 0.25) is 0 Å². The van der Waals surface area contributed by atoms with Gasteiger partial charge in [0.2, 0.25) is 5.91 Å². The Morgan fingerprint density at radius 3 is 2.47 bits per heavy atom. The fourth-order valence-corrected chi connectivity index (χ4v) is 1.14. The molecule has 4 heteroatoms. The van der Waals surface area contributed by atoms with Crippen LogP contribution >= 0.6 is 0 Å². The number of rotatable bonds is 4. The fraction of sp³-hybridized carbons (Fsp3) is 0.364. The number of hydrogen-bond donors (Lipinski definition) is 3. The van der Waals surface area contributed by atoms with Crippen molar-refractivity contribution in [3.05, 3.63) is 35.9 Å². The van der Waals surface area contributed by atoms with Gasteiger partial charge in [-0.25, -0.2) is 0 Å². The van der Waals surface area contributed by atoms with E-state index < -0.39 is 6.04 Å². The molecule has 1 aromatic rings. The van der Waals surface area contributed by atoms with Crippen molar-refractivity contribution >= 4 is 5.91 Å². The van der Waals surface area contributed by atoms with Crippen molar-refractivity contribution < 1.29 is 4.79 Å². The van der Waals surface area contributed by atoms with E-state index in [9.17, 15) is 4.79 Å². The van der Waals surface area contributed by atoms with Crippen molar-refractivity contribution in [2.45, 2.75) is 25.6 Å². The highest BCUT2D eigenvalue weighted by atomic mass is 16.2. The highest BCUT2D eigenvalue weighted by molar-refractivity contribution is 5.82. The molecule has 1 amide bonds. The predicted octanol–water partition coefficient (Wildman–Crippen LogP) is -0.0227. The lowest BCUT2D eigenvalue weighted by molar-refractivity contribution is -0.122. The maximum absolute atomic E-state index is 11.4. The summed E-state index contributed by atoms with van der Waals surface area (Å²) in [5, 5.41) is 2.74. The zero-order valence-electron chi connectivity index (χ0n) is 8.81. The van der Waals surface area contributed by atoms with E-state index in [2.05, 4.69) is 5.32 Å². The summed E-state index contributed by atoms with van der Waals surface area (Å²) < 4.78 is 0. The molecule has 1 aromatic carbocycles. The van der Waals surface area contributed by atoms with Gasteiger partial charge in [0, 0.05) is 12.6 Å². The third-order valence-electron chi connectivity index (χ3n) is 2.18. The SMILES string of the molecule is CC(N)C(N)C(=O)NCc1ccccc1. The van der Waals surface area contributed by atoms with Gasteiger partial charge < -0.3 is 16.8 Å². The summed E-state index contributed by atoms with van der Waals surface area (Å²) in [6, 6.07) is 8.68. The largest absolute Gasteiger partial charge is 0.351 e. The Balaban J connectivity index is 2.41. The van der Waals surface area contributed by atoms with Crippen molar-refractivity contribution in [3.8, 4) is 0 Å². The summed E-state index contributed by atoms with van der Waals surface area (Å²) >= 11 is 0. The fourth-order valence-electron chi connectivity index (χ4n) is 1.14. The van der Waals surface area contributed by atoms with Crippen LogP contribution in [0.3, 0.4) is 0 Å². The Morgan fingerprint density at radius 2 is 1.93 bits per heavy atom. The van der Waals surface area contributed by atoms with Crippen molar-refractivity contribution in [2.75, 3.05) is 0 Å². The molecule has 2 atom stereocenters. The van der Waals surface area contributed by atoms with Crippen LogP contribution in [-0.2, 0) is 11.3 Å². The normalized spacial score (nSPS) is 14.3. The van der Waals surface area contributed by atoms with Crippen LogP contribution in [0.4, 0.5) is 0 Å². The van der Waals surface area contributed by atoms with Crippen molar-refractivity contribution in [1.29, 1.82) is 0 Å². The average molecular weight is 207 g/mol. The van der Waals surface area contributed by atoms with Gasteiger partial charge in [-0.2, -0.15) is 0 Å². The molecule has 0 aliphatic heterocycles. The lowest BCUT2D eigenvalue weighted by atomic mass is 10.1. The summed E-state index contributed by atoms with van der Waals surface area (Å²) in [7, 11) is 0. The van der Waals surface area contributed by atoms with Crippen LogP contribution in [0.15, 0.2) is 30.3 Å². The minimum absolute atomic E-state index is 0.214. The first kappa shape index (κ1) is 11.7. The number of nitrogens with two attached hydrogens (primary N) is 2. The molecule has 0 aromatic heterocycles. The predicted molar refractivity (Wildman–Crippen MR) is 59.9 cm³/mol. The average Bonchev–Trinajstić information content (AvgIpc) is 2.26. The second-order valence-electron chi connectivity index (χ2n) is 3.59. The first-order valence-corrected chi connectivity index (χ1v) is 4.94. The summed E-state index contributed by atoms with van der Waals surface area (Å²) in [5.74, 6) is -0.214. The lowest BCUT2D eigenvalue weighted by Crippen LogP contribution is -2.50. The van der Waals surface area contributed by atoms with Gasteiger partial charge in [-0.05, 0) is 12.5 Å². The maximum atomic E-state index is 11.4. The highest BCUT2D eigenvalue weighted by Crippen LogP contribution is 1.97. The van der Waals surface area contributed by atoms with E-state index in [1.54, 1.807) is 6.92 Å². The van der Waals surface area contributed by atoms with E-state index in [0.29, 0.717) is 6.54 Å². The summed E-state index contributed by atoms with van der Waals surface area (Å²) in [5.41, 5.74) is 12.2. The summed E-state index contributed by atoms with van der Waals surface area (Å²) in [6.07, 6.45) is 0. The molecule has 2 unspecified atom stereocenters. The highest BCUT2D eigenvalue weighted by Gasteiger charge is 2.16. The van der Waals surface area contributed by atoms with Crippen LogP contribution in [-0.4, -0.2) is 18.0 Å². The standard InChI is InChI=1S/C11H17N3O/c1-8(12)10(13)11(15)14-7-9-5-3-2-4-6-9/h2-6,8,10H,7,12-13H2,1H3,(H,14,15). The molecule has 0 saturated carbocycles.